The van der Waals surface area contributed by atoms with E-state index >= 15 is 0 Å². The van der Waals surface area contributed by atoms with Crippen LogP contribution in [0.25, 0.3) is 0 Å². The van der Waals surface area contributed by atoms with Gasteiger partial charge in [0.15, 0.2) is 5.96 Å². The van der Waals surface area contributed by atoms with Gasteiger partial charge in [0.05, 0.1) is 19.8 Å². The highest BCUT2D eigenvalue weighted by Gasteiger charge is 2.15. The quantitative estimate of drug-likeness (QED) is 0.364. The van der Waals surface area contributed by atoms with Gasteiger partial charge in [0.2, 0.25) is 0 Å². The Bertz CT molecular complexity index is 476. The minimum Gasteiger partial charge on any atom is -0.494 e. The van der Waals surface area contributed by atoms with E-state index in [9.17, 15) is 0 Å². The topological polar surface area (TPSA) is 64.1 Å². The minimum absolute atomic E-state index is 0.584. The first kappa shape index (κ1) is 19.5. The van der Waals surface area contributed by atoms with Crippen molar-refractivity contribution in [2.45, 2.75) is 19.3 Å². The Labute approximate surface area is 151 Å². The summed E-state index contributed by atoms with van der Waals surface area (Å²) in [5.41, 5.74) is 0. The van der Waals surface area contributed by atoms with Crippen LogP contribution in [0.15, 0.2) is 35.3 Å². The first-order chi connectivity index (χ1) is 12.4. The summed E-state index contributed by atoms with van der Waals surface area (Å²) in [7, 11) is 1.78. The predicted molar refractivity (Wildman–Crippen MR) is 100 cm³/mol. The summed E-state index contributed by atoms with van der Waals surface area (Å²) < 4.78 is 16.7. The molecule has 1 fully saturated rings. The van der Waals surface area contributed by atoms with Crippen LogP contribution in [0.1, 0.15) is 19.3 Å². The zero-order valence-electron chi connectivity index (χ0n) is 15.2. The van der Waals surface area contributed by atoms with E-state index in [1.54, 1.807) is 7.05 Å². The van der Waals surface area contributed by atoms with E-state index in [1.165, 1.54) is 0 Å². The first-order valence-electron chi connectivity index (χ1n) is 9.16. The molecule has 0 radical (unpaired) electrons. The van der Waals surface area contributed by atoms with Crippen molar-refractivity contribution in [1.29, 1.82) is 0 Å². The van der Waals surface area contributed by atoms with Crippen molar-refractivity contribution in [1.82, 2.24) is 10.6 Å². The van der Waals surface area contributed by atoms with Crippen LogP contribution in [0.2, 0.25) is 0 Å². The number of nitrogens with one attached hydrogen (secondary N) is 2. The molecule has 6 heteroatoms. The minimum atomic E-state index is 0.584. The number of benzene rings is 1. The zero-order chi connectivity index (χ0) is 17.6. The van der Waals surface area contributed by atoms with Gasteiger partial charge in [-0.2, -0.15) is 0 Å². The van der Waals surface area contributed by atoms with Crippen molar-refractivity contribution in [2.75, 3.05) is 53.2 Å². The highest BCUT2D eigenvalue weighted by atomic mass is 16.5. The molecule has 2 rings (SSSR count). The van der Waals surface area contributed by atoms with Crippen molar-refractivity contribution in [3.8, 4) is 5.75 Å². The standard InChI is InChI=1S/C19H31N3O3/c1-20-19(21-10-5-12-23-15-17-9-14-24-16-17)22-11-6-13-25-18-7-3-2-4-8-18/h2-4,7-8,17H,5-6,9-16H2,1H3,(H2,20,21,22). The molecule has 1 aliphatic rings. The Hall–Kier alpha value is -1.79. The normalized spacial score (nSPS) is 17.5. The van der Waals surface area contributed by atoms with Gasteiger partial charge in [-0.15, -0.1) is 0 Å². The fraction of sp³-hybridized carbons (Fsp3) is 0.632. The number of aliphatic imine (C=N–C) groups is 1. The maximum Gasteiger partial charge on any atom is 0.190 e. The van der Waals surface area contributed by atoms with Gasteiger partial charge in [-0.1, -0.05) is 18.2 Å². The van der Waals surface area contributed by atoms with Gasteiger partial charge < -0.3 is 24.8 Å². The smallest absolute Gasteiger partial charge is 0.190 e. The third kappa shape index (κ3) is 8.74. The summed E-state index contributed by atoms with van der Waals surface area (Å²) in [6, 6.07) is 9.87. The molecule has 25 heavy (non-hydrogen) atoms. The van der Waals surface area contributed by atoms with Gasteiger partial charge in [0.1, 0.15) is 5.75 Å². The fourth-order valence-corrected chi connectivity index (χ4v) is 2.55. The largest absolute Gasteiger partial charge is 0.494 e. The van der Waals surface area contributed by atoms with Crippen molar-refractivity contribution in [2.24, 2.45) is 10.9 Å². The molecule has 0 aromatic heterocycles. The van der Waals surface area contributed by atoms with E-state index in [-0.39, 0.29) is 0 Å². The molecular weight excluding hydrogens is 318 g/mol. The Kier molecular flexibility index (Phi) is 9.81. The number of para-hydroxylation sites is 1. The molecule has 0 aliphatic carbocycles. The number of guanidine groups is 1. The van der Waals surface area contributed by atoms with E-state index in [2.05, 4.69) is 15.6 Å². The second-order valence-electron chi connectivity index (χ2n) is 6.10. The summed E-state index contributed by atoms with van der Waals surface area (Å²) in [5.74, 6) is 2.32. The predicted octanol–water partition coefficient (Wildman–Crippen LogP) is 2.06. The molecule has 1 aromatic carbocycles. The molecule has 0 saturated carbocycles. The lowest BCUT2D eigenvalue weighted by atomic mass is 10.1. The molecule has 1 heterocycles. The van der Waals surface area contributed by atoms with E-state index in [0.717, 1.165) is 70.5 Å². The SMILES string of the molecule is CN=C(NCCCOCC1CCOC1)NCCCOc1ccccc1. The number of hydrogen-bond donors (Lipinski definition) is 2. The lowest BCUT2D eigenvalue weighted by molar-refractivity contribution is 0.0888. The highest BCUT2D eigenvalue weighted by molar-refractivity contribution is 5.79. The third-order valence-electron chi connectivity index (χ3n) is 3.98. The van der Waals surface area contributed by atoms with Crippen LogP contribution >= 0.6 is 0 Å². The summed E-state index contributed by atoms with van der Waals surface area (Å²) >= 11 is 0. The summed E-state index contributed by atoms with van der Waals surface area (Å²) in [6.07, 6.45) is 3.01. The highest BCUT2D eigenvalue weighted by Crippen LogP contribution is 2.12. The molecule has 1 aliphatic heterocycles. The molecule has 0 amide bonds. The molecule has 1 saturated heterocycles. The maximum absolute atomic E-state index is 5.69. The third-order valence-corrected chi connectivity index (χ3v) is 3.98. The number of rotatable bonds is 11. The van der Waals surface area contributed by atoms with Crippen LogP contribution in [0.4, 0.5) is 0 Å². The molecular formula is C19H31N3O3. The van der Waals surface area contributed by atoms with Crippen molar-refractivity contribution in [3.63, 3.8) is 0 Å². The fourth-order valence-electron chi connectivity index (χ4n) is 2.55. The van der Waals surface area contributed by atoms with Crippen LogP contribution in [0.3, 0.4) is 0 Å². The molecule has 6 nitrogen and oxygen atoms in total. The monoisotopic (exact) mass is 349 g/mol. The second-order valence-corrected chi connectivity index (χ2v) is 6.10. The lowest BCUT2D eigenvalue weighted by Crippen LogP contribution is -2.38. The second kappa shape index (κ2) is 12.6. The first-order valence-corrected chi connectivity index (χ1v) is 9.16. The van der Waals surface area contributed by atoms with Crippen molar-refractivity contribution in [3.05, 3.63) is 30.3 Å². The molecule has 140 valence electrons. The molecule has 0 bridgehead atoms. The van der Waals surface area contributed by atoms with E-state index in [1.807, 2.05) is 30.3 Å². The van der Waals surface area contributed by atoms with E-state index < -0.39 is 0 Å². The number of nitrogens with zero attached hydrogens (tertiary/aromatic N) is 1. The van der Waals surface area contributed by atoms with E-state index in [0.29, 0.717) is 12.5 Å². The molecule has 1 atom stereocenters. The van der Waals surface area contributed by atoms with E-state index in [4.69, 9.17) is 14.2 Å². The average molecular weight is 349 g/mol. The molecule has 0 spiro atoms. The van der Waals surface area contributed by atoms with Gasteiger partial charge in [0.25, 0.3) is 0 Å². The Morgan fingerprint density at radius 1 is 1.16 bits per heavy atom. The average Bonchev–Trinajstić information content (AvgIpc) is 3.17. The summed E-state index contributed by atoms with van der Waals surface area (Å²) in [4.78, 5) is 4.22. The van der Waals surface area contributed by atoms with Crippen LogP contribution < -0.4 is 15.4 Å². The van der Waals surface area contributed by atoms with Crippen LogP contribution in [0.5, 0.6) is 5.75 Å². The maximum atomic E-state index is 5.69. The molecule has 1 aromatic rings. The van der Waals surface area contributed by atoms with Gasteiger partial charge in [-0.3, -0.25) is 4.99 Å². The van der Waals surface area contributed by atoms with Crippen LogP contribution in [-0.4, -0.2) is 59.1 Å². The number of ether oxygens (including phenoxy) is 3. The molecule has 1 unspecified atom stereocenters. The van der Waals surface area contributed by atoms with Gasteiger partial charge in [0, 0.05) is 39.3 Å². The Morgan fingerprint density at radius 2 is 1.92 bits per heavy atom. The van der Waals surface area contributed by atoms with Gasteiger partial charge in [-0.05, 0) is 31.4 Å². The van der Waals surface area contributed by atoms with Crippen LogP contribution in [0, 0.1) is 5.92 Å². The van der Waals surface area contributed by atoms with Gasteiger partial charge in [-0.25, -0.2) is 0 Å². The number of hydrogen-bond acceptors (Lipinski definition) is 4. The van der Waals surface area contributed by atoms with Gasteiger partial charge >= 0.3 is 0 Å². The Balaban J connectivity index is 1.42. The van der Waals surface area contributed by atoms with Crippen molar-refractivity contribution < 1.29 is 14.2 Å². The van der Waals surface area contributed by atoms with Crippen molar-refractivity contribution >= 4 is 5.96 Å². The summed E-state index contributed by atoms with van der Waals surface area (Å²) in [5, 5.41) is 6.59. The molecule has 2 N–H and O–H groups in total. The lowest BCUT2D eigenvalue weighted by Gasteiger charge is -2.13. The zero-order valence-corrected chi connectivity index (χ0v) is 15.2. The Morgan fingerprint density at radius 3 is 2.60 bits per heavy atom. The van der Waals surface area contributed by atoms with Crippen LogP contribution in [-0.2, 0) is 9.47 Å². The summed E-state index contributed by atoms with van der Waals surface area (Å²) in [6.45, 7) is 5.68.